The topological polar surface area (TPSA) is 12.5 Å². The van der Waals surface area contributed by atoms with Gasteiger partial charge in [-0.25, -0.2) is 0 Å². The third-order valence-electron chi connectivity index (χ3n) is 1.89. The van der Waals surface area contributed by atoms with Crippen molar-refractivity contribution in [2.75, 3.05) is 11.6 Å². The smallest absolute Gasteiger partial charge is 0.165 e. The first-order chi connectivity index (χ1) is 4.45. The van der Waals surface area contributed by atoms with Gasteiger partial charge in [-0.3, -0.25) is 0 Å². The number of hydrogen-bond acceptors (Lipinski definition) is 2. The fourth-order valence-corrected chi connectivity index (χ4v) is 1.36. The molecular formula is C7H5NO. The summed E-state index contributed by atoms with van der Waals surface area (Å²) >= 11 is 0. The Labute approximate surface area is 52.7 Å². The third-order valence-corrected chi connectivity index (χ3v) is 1.89. The van der Waals surface area contributed by atoms with Crippen LogP contribution in [0.1, 0.15) is 0 Å². The van der Waals surface area contributed by atoms with Gasteiger partial charge in [-0.05, 0) is 18.2 Å². The molecule has 3 aliphatic heterocycles. The van der Waals surface area contributed by atoms with Crippen LogP contribution in [0.5, 0.6) is 5.75 Å². The van der Waals surface area contributed by atoms with Gasteiger partial charge >= 0.3 is 0 Å². The average Bonchev–Trinajstić information content (AvgIpc) is 2.06. The van der Waals surface area contributed by atoms with Gasteiger partial charge in [0.1, 0.15) is 5.75 Å². The molecule has 9 heavy (non-hydrogen) atoms. The van der Waals surface area contributed by atoms with Crippen LogP contribution in [0.2, 0.25) is 0 Å². The van der Waals surface area contributed by atoms with Crippen molar-refractivity contribution in [2.45, 2.75) is 0 Å². The van der Waals surface area contributed by atoms with Crippen LogP contribution in [-0.2, 0) is 0 Å². The van der Waals surface area contributed by atoms with E-state index in [-0.39, 0.29) is 0 Å². The predicted molar refractivity (Wildman–Crippen MR) is 34.1 cm³/mol. The maximum atomic E-state index is 5.30. The average molecular weight is 119 g/mol. The van der Waals surface area contributed by atoms with Crippen molar-refractivity contribution < 1.29 is 4.74 Å². The molecule has 0 saturated carbocycles. The van der Waals surface area contributed by atoms with Crippen molar-refractivity contribution in [3.05, 3.63) is 18.2 Å². The normalized spacial score (nSPS) is 17.1. The van der Waals surface area contributed by atoms with Crippen LogP contribution >= 0.6 is 0 Å². The summed E-state index contributed by atoms with van der Waals surface area (Å²) in [5.41, 5.74) is 2.54. The SMILES string of the molecule is c1cc2c3cc1N3CO2. The molecule has 44 valence electrons. The van der Waals surface area contributed by atoms with E-state index in [4.69, 9.17) is 4.74 Å². The van der Waals surface area contributed by atoms with Gasteiger partial charge < -0.3 is 9.64 Å². The highest BCUT2D eigenvalue weighted by Gasteiger charge is 2.29. The van der Waals surface area contributed by atoms with E-state index in [0.29, 0.717) is 0 Å². The second-order valence-corrected chi connectivity index (χ2v) is 2.35. The molecule has 0 amide bonds. The lowest BCUT2D eigenvalue weighted by molar-refractivity contribution is 0.360. The zero-order chi connectivity index (χ0) is 5.84. The zero-order valence-corrected chi connectivity index (χ0v) is 4.79. The Kier molecular flexibility index (Phi) is 0.387. The Morgan fingerprint density at radius 2 is 2.44 bits per heavy atom. The van der Waals surface area contributed by atoms with Gasteiger partial charge in [0, 0.05) is 5.69 Å². The first-order valence-corrected chi connectivity index (χ1v) is 2.99. The van der Waals surface area contributed by atoms with Gasteiger partial charge in [0.25, 0.3) is 0 Å². The lowest BCUT2D eigenvalue weighted by atomic mass is 10.1. The Balaban J connectivity index is 2.45. The van der Waals surface area contributed by atoms with Crippen molar-refractivity contribution in [2.24, 2.45) is 0 Å². The molecule has 0 saturated heterocycles. The van der Waals surface area contributed by atoms with Crippen LogP contribution in [0.4, 0.5) is 11.4 Å². The first-order valence-electron chi connectivity index (χ1n) is 2.99. The molecule has 1 aromatic carbocycles. The van der Waals surface area contributed by atoms with Crippen LogP contribution in [0, 0.1) is 0 Å². The summed E-state index contributed by atoms with van der Waals surface area (Å²) in [5.74, 6) is 1.03. The summed E-state index contributed by atoms with van der Waals surface area (Å²) in [6.07, 6.45) is 0. The molecule has 1 aromatic rings. The van der Waals surface area contributed by atoms with Crippen molar-refractivity contribution in [3.63, 3.8) is 0 Å². The molecule has 0 radical (unpaired) electrons. The highest BCUT2D eigenvalue weighted by molar-refractivity contribution is 5.84. The maximum Gasteiger partial charge on any atom is 0.165 e. The molecular weight excluding hydrogens is 114 g/mol. The molecule has 0 aliphatic carbocycles. The molecule has 0 spiro atoms. The molecule has 0 aromatic heterocycles. The van der Waals surface area contributed by atoms with E-state index in [0.717, 1.165) is 12.5 Å². The first kappa shape index (κ1) is 3.77. The Morgan fingerprint density at radius 3 is 3.11 bits per heavy atom. The summed E-state index contributed by atoms with van der Waals surface area (Å²) in [5, 5.41) is 0. The second kappa shape index (κ2) is 0.923. The number of rotatable bonds is 0. The highest BCUT2D eigenvalue weighted by Crippen LogP contribution is 2.48. The van der Waals surface area contributed by atoms with Gasteiger partial charge in [0.05, 0.1) is 5.69 Å². The monoisotopic (exact) mass is 119 g/mol. The lowest BCUT2D eigenvalue weighted by Gasteiger charge is -2.24. The predicted octanol–water partition coefficient (Wildman–Crippen LogP) is 1.49. The van der Waals surface area contributed by atoms with E-state index in [2.05, 4.69) is 17.0 Å². The minimum absolute atomic E-state index is 0.726. The minimum Gasteiger partial charge on any atom is -0.471 e. The van der Waals surface area contributed by atoms with E-state index < -0.39 is 0 Å². The number of ether oxygens (including phenoxy) is 1. The zero-order valence-electron chi connectivity index (χ0n) is 4.79. The second-order valence-electron chi connectivity index (χ2n) is 2.35. The fraction of sp³-hybridized carbons (Fsp3) is 0.143. The standard InChI is InChI=1S/C7H5NO/c1-2-7-6-3-5(1)8(6)4-9-7/h1-3H,4H2. The van der Waals surface area contributed by atoms with Crippen molar-refractivity contribution >= 4 is 11.4 Å². The van der Waals surface area contributed by atoms with Gasteiger partial charge in [0.2, 0.25) is 0 Å². The molecule has 4 rings (SSSR count). The molecule has 0 N–H and O–H groups in total. The Bertz CT molecular complexity index is 273. The quantitative estimate of drug-likeness (QED) is 0.513. The molecule has 0 unspecified atom stereocenters. The fourth-order valence-electron chi connectivity index (χ4n) is 1.36. The third kappa shape index (κ3) is 0.257. The van der Waals surface area contributed by atoms with E-state index >= 15 is 0 Å². The number of hydrogen-bond donors (Lipinski definition) is 0. The van der Waals surface area contributed by atoms with Gasteiger partial charge in [-0.1, -0.05) is 0 Å². The van der Waals surface area contributed by atoms with Crippen LogP contribution < -0.4 is 9.64 Å². The van der Waals surface area contributed by atoms with Gasteiger partial charge in [-0.15, -0.1) is 0 Å². The van der Waals surface area contributed by atoms with Crippen LogP contribution in [0.15, 0.2) is 18.2 Å². The number of benzene rings is 1. The minimum atomic E-state index is 0.726. The molecule has 0 fully saturated rings. The number of nitrogens with zero attached hydrogens (tertiary/aromatic N) is 1. The summed E-state index contributed by atoms with van der Waals surface area (Å²) in [4.78, 5) is 2.16. The van der Waals surface area contributed by atoms with Crippen LogP contribution in [0.3, 0.4) is 0 Å². The summed E-state index contributed by atoms with van der Waals surface area (Å²) in [6, 6.07) is 6.24. The van der Waals surface area contributed by atoms with Crippen molar-refractivity contribution in [1.29, 1.82) is 0 Å². The van der Waals surface area contributed by atoms with Crippen LogP contribution in [0.25, 0.3) is 0 Å². The van der Waals surface area contributed by atoms with E-state index in [1.54, 1.807) is 0 Å². The summed E-state index contributed by atoms with van der Waals surface area (Å²) < 4.78 is 5.30. The lowest BCUT2D eigenvalue weighted by Crippen LogP contribution is -2.19. The summed E-state index contributed by atoms with van der Waals surface area (Å²) in [6.45, 7) is 0.726. The Morgan fingerprint density at radius 1 is 1.44 bits per heavy atom. The number of fused-ring (bicyclic) bond motifs is 1. The molecule has 3 aliphatic rings. The Hall–Kier alpha value is -1.18. The van der Waals surface area contributed by atoms with Gasteiger partial charge in [0.15, 0.2) is 6.73 Å². The molecule has 3 heterocycles. The highest BCUT2D eigenvalue weighted by atomic mass is 16.5. The number of anilines is 2. The molecule has 4 bridgehead atoms. The van der Waals surface area contributed by atoms with Crippen molar-refractivity contribution in [1.82, 2.24) is 0 Å². The maximum absolute atomic E-state index is 5.30. The molecule has 2 nitrogen and oxygen atoms in total. The van der Waals surface area contributed by atoms with Crippen LogP contribution in [-0.4, -0.2) is 6.73 Å². The van der Waals surface area contributed by atoms with E-state index in [1.807, 2.05) is 6.07 Å². The van der Waals surface area contributed by atoms with Gasteiger partial charge in [-0.2, -0.15) is 0 Å². The largest absolute Gasteiger partial charge is 0.471 e. The van der Waals surface area contributed by atoms with E-state index in [1.165, 1.54) is 11.4 Å². The van der Waals surface area contributed by atoms with E-state index in [9.17, 15) is 0 Å². The van der Waals surface area contributed by atoms with Crippen molar-refractivity contribution in [3.8, 4) is 5.75 Å². The molecule has 2 heteroatoms. The summed E-state index contributed by atoms with van der Waals surface area (Å²) in [7, 11) is 0. The molecule has 0 atom stereocenters.